The molecular formula is C48H32N2O. The predicted octanol–water partition coefficient (Wildman–Crippen LogP) is 13.5. The average Bonchev–Trinajstić information content (AvgIpc) is 3.75. The smallest absolute Gasteiger partial charge is 0.135 e. The molecule has 0 aliphatic rings. The number of rotatable bonds is 6. The molecule has 8 aromatic carbocycles. The number of aromatic nitrogens is 1. The number of nitrogens with zero attached hydrogens (tertiary/aromatic N) is 2. The molecular weight excluding hydrogens is 621 g/mol. The third-order valence-electron chi connectivity index (χ3n) is 9.99. The number of fused-ring (bicyclic) bond motifs is 6. The van der Waals surface area contributed by atoms with Gasteiger partial charge in [0, 0.05) is 49.7 Å². The minimum atomic E-state index is 0.883. The molecule has 0 saturated heterocycles. The van der Waals surface area contributed by atoms with E-state index in [0.717, 1.165) is 55.8 Å². The van der Waals surface area contributed by atoms with Gasteiger partial charge < -0.3 is 13.9 Å². The van der Waals surface area contributed by atoms with Gasteiger partial charge in [0.25, 0.3) is 0 Å². The third kappa shape index (κ3) is 4.82. The summed E-state index contributed by atoms with van der Waals surface area (Å²) in [6.07, 6.45) is 0. The summed E-state index contributed by atoms with van der Waals surface area (Å²) in [7, 11) is 0. The molecule has 0 amide bonds. The van der Waals surface area contributed by atoms with Crippen molar-refractivity contribution < 1.29 is 4.42 Å². The zero-order chi connectivity index (χ0) is 33.7. The van der Waals surface area contributed by atoms with E-state index in [1.54, 1.807) is 0 Å². The van der Waals surface area contributed by atoms with E-state index in [2.05, 4.69) is 191 Å². The van der Waals surface area contributed by atoms with Crippen molar-refractivity contribution in [2.24, 2.45) is 0 Å². The minimum Gasteiger partial charge on any atom is -0.456 e. The molecule has 0 fully saturated rings. The van der Waals surface area contributed by atoms with Gasteiger partial charge in [0.05, 0.1) is 16.7 Å². The van der Waals surface area contributed by atoms with Crippen LogP contribution in [-0.2, 0) is 0 Å². The zero-order valence-corrected chi connectivity index (χ0v) is 27.8. The van der Waals surface area contributed by atoms with Crippen molar-refractivity contribution in [3.8, 4) is 27.9 Å². The normalized spacial score (nSPS) is 11.5. The van der Waals surface area contributed by atoms with Crippen LogP contribution in [0.5, 0.6) is 0 Å². The lowest BCUT2D eigenvalue weighted by Gasteiger charge is -2.28. The Kier molecular flexibility index (Phi) is 6.81. The molecule has 10 aromatic rings. The number of hydrogen-bond acceptors (Lipinski definition) is 2. The van der Waals surface area contributed by atoms with Crippen LogP contribution in [0.25, 0.3) is 71.7 Å². The van der Waals surface area contributed by atoms with Crippen LogP contribution in [0, 0.1) is 0 Å². The molecule has 0 aliphatic heterocycles. The van der Waals surface area contributed by atoms with E-state index in [1.165, 1.54) is 32.9 Å². The molecule has 0 saturated carbocycles. The van der Waals surface area contributed by atoms with Gasteiger partial charge in [-0.05, 0) is 71.8 Å². The summed E-state index contributed by atoms with van der Waals surface area (Å²) < 4.78 is 8.64. The van der Waals surface area contributed by atoms with Gasteiger partial charge in [0.15, 0.2) is 0 Å². The van der Waals surface area contributed by atoms with E-state index < -0.39 is 0 Å². The Balaban J connectivity index is 1.17. The molecule has 0 N–H and O–H groups in total. The summed E-state index contributed by atoms with van der Waals surface area (Å²) >= 11 is 0. The fraction of sp³-hybridized carbons (Fsp3) is 0. The largest absolute Gasteiger partial charge is 0.456 e. The first kappa shape index (κ1) is 29.1. The van der Waals surface area contributed by atoms with Crippen molar-refractivity contribution in [3.63, 3.8) is 0 Å². The average molecular weight is 653 g/mol. The van der Waals surface area contributed by atoms with Crippen LogP contribution in [0.15, 0.2) is 199 Å². The van der Waals surface area contributed by atoms with Gasteiger partial charge in [0.1, 0.15) is 11.2 Å². The zero-order valence-electron chi connectivity index (χ0n) is 27.8. The van der Waals surface area contributed by atoms with E-state index in [-0.39, 0.29) is 0 Å². The molecule has 0 radical (unpaired) electrons. The second-order valence-corrected chi connectivity index (χ2v) is 12.9. The highest BCUT2D eigenvalue weighted by atomic mass is 16.3. The fourth-order valence-corrected chi connectivity index (χ4v) is 7.70. The van der Waals surface area contributed by atoms with Gasteiger partial charge in [-0.25, -0.2) is 0 Å². The highest BCUT2D eigenvalue weighted by Crippen LogP contribution is 2.44. The molecule has 0 bridgehead atoms. The number of furan rings is 1. The van der Waals surface area contributed by atoms with Crippen LogP contribution in [-0.4, -0.2) is 4.57 Å². The Bertz CT molecular complexity index is 2850. The van der Waals surface area contributed by atoms with Crippen LogP contribution in [0.4, 0.5) is 17.1 Å². The lowest BCUT2D eigenvalue weighted by Crippen LogP contribution is -2.11. The molecule has 0 aliphatic carbocycles. The Labute approximate surface area is 295 Å². The van der Waals surface area contributed by atoms with E-state index in [9.17, 15) is 0 Å². The van der Waals surface area contributed by atoms with Gasteiger partial charge in [0.2, 0.25) is 0 Å². The Morgan fingerprint density at radius 3 is 1.84 bits per heavy atom. The van der Waals surface area contributed by atoms with E-state index in [1.807, 2.05) is 12.1 Å². The Morgan fingerprint density at radius 2 is 1.00 bits per heavy atom. The molecule has 51 heavy (non-hydrogen) atoms. The van der Waals surface area contributed by atoms with Crippen molar-refractivity contribution in [2.75, 3.05) is 4.90 Å². The van der Waals surface area contributed by atoms with Crippen LogP contribution in [0.1, 0.15) is 0 Å². The molecule has 2 heterocycles. The summed E-state index contributed by atoms with van der Waals surface area (Å²) in [5.74, 6) is 0. The maximum atomic E-state index is 6.23. The first-order valence-corrected chi connectivity index (χ1v) is 17.4. The quantitative estimate of drug-likeness (QED) is 0.178. The van der Waals surface area contributed by atoms with Crippen molar-refractivity contribution in [3.05, 3.63) is 194 Å². The summed E-state index contributed by atoms with van der Waals surface area (Å²) in [5, 5.41) is 4.71. The summed E-state index contributed by atoms with van der Waals surface area (Å²) in [6.45, 7) is 0. The number of benzene rings is 8. The molecule has 3 nitrogen and oxygen atoms in total. The summed E-state index contributed by atoms with van der Waals surface area (Å²) in [4.78, 5) is 2.37. The fourth-order valence-electron chi connectivity index (χ4n) is 7.70. The second kappa shape index (κ2) is 11.9. The summed E-state index contributed by atoms with van der Waals surface area (Å²) in [6, 6.07) is 69.2. The summed E-state index contributed by atoms with van der Waals surface area (Å²) in [5.41, 5.74) is 13.3. The SMILES string of the molecule is c1ccc(-c2ccccc2N(c2ccc(-c3cccc4c5ccccc5n(-c5ccccc5)c34)cc2)c2ccc3oc4ccccc4c3c2)cc1. The molecule has 10 rings (SSSR count). The highest BCUT2D eigenvalue weighted by molar-refractivity contribution is 6.14. The van der Waals surface area contributed by atoms with Gasteiger partial charge in [-0.3, -0.25) is 0 Å². The number of para-hydroxylation sites is 5. The van der Waals surface area contributed by atoms with Crippen molar-refractivity contribution in [1.29, 1.82) is 0 Å². The van der Waals surface area contributed by atoms with Crippen LogP contribution >= 0.6 is 0 Å². The van der Waals surface area contributed by atoms with Crippen molar-refractivity contribution in [2.45, 2.75) is 0 Å². The Hall–Kier alpha value is -6.84. The third-order valence-corrected chi connectivity index (χ3v) is 9.99. The molecule has 3 heteroatoms. The molecule has 0 spiro atoms. The van der Waals surface area contributed by atoms with E-state index >= 15 is 0 Å². The molecule has 240 valence electrons. The minimum absolute atomic E-state index is 0.883. The first-order chi connectivity index (χ1) is 25.3. The topological polar surface area (TPSA) is 21.3 Å². The standard InChI is InChI=1S/C48H32N2O/c1-3-14-33(15-4-1)38-18-7-10-23-44(38)49(37-30-31-47-43(32-37)41-20-9-12-25-46(41)51-47)36-28-26-34(27-29-36)39-21-13-22-42-40-19-8-11-24-45(40)50(48(39)42)35-16-5-2-6-17-35/h1-32H. The predicted molar refractivity (Wildman–Crippen MR) is 214 cm³/mol. The van der Waals surface area contributed by atoms with Crippen molar-refractivity contribution in [1.82, 2.24) is 4.57 Å². The van der Waals surface area contributed by atoms with Crippen LogP contribution < -0.4 is 4.90 Å². The van der Waals surface area contributed by atoms with Crippen molar-refractivity contribution >= 4 is 60.8 Å². The van der Waals surface area contributed by atoms with Gasteiger partial charge in [-0.2, -0.15) is 0 Å². The monoisotopic (exact) mass is 652 g/mol. The van der Waals surface area contributed by atoms with E-state index in [0.29, 0.717) is 0 Å². The lowest BCUT2D eigenvalue weighted by molar-refractivity contribution is 0.669. The van der Waals surface area contributed by atoms with Gasteiger partial charge in [-0.15, -0.1) is 0 Å². The van der Waals surface area contributed by atoms with Crippen LogP contribution in [0.3, 0.4) is 0 Å². The first-order valence-electron chi connectivity index (χ1n) is 17.4. The highest BCUT2D eigenvalue weighted by Gasteiger charge is 2.20. The second-order valence-electron chi connectivity index (χ2n) is 12.9. The number of hydrogen-bond donors (Lipinski definition) is 0. The maximum absolute atomic E-state index is 6.23. The van der Waals surface area contributed by atoms with Gasteiger partial charge in [-0.1, -0.05) is 133 Å². The van der Waals surface area contributed by atoms with Crippen LogP contribution in [0.2, 0.25) is 0 Å². The van der Waals surface area contributed by atoms with E-state index in [4.69, 9.17) is 4.42 Å². The molecule has 0 unspecified atom stereocenters. The number of anilines is 3. The Morgan fingerprint density at radius 1 is 0.392 bits per heavy atom. The maximum Gasteiger partial charge on any atom is 0.135 e. The lowest BCUT2D eigenvalue weighted by atomic mass is 9.99. The molecule has 0 atom stereocenters. The molecule has 2 aromatic heterocycles. The van der Waals surface area contributed by atoms with Gasteiger partial charge >= 0.3 is 0 Å².